The average Bonchev–Trinajstić information content (AvgIpc) is 2.94. The van der Waals surface area contributed by atoms with Gasteiger partial charge in [0.2, 0.25) is 0 Å². The number of amides is 1. The Hall–Kier alpha value is -2.64. The molecular weight excluding hydrogens is 395 g/mol. The second-order valence-electron chi connectivity index (χ2n) is 6.75. The van der Waals surface area contributed by atoms with Crippen LogP contribution in [0.5, 0.6) is 0 Å². The van der Waals surface area contributed by atoms with Crippen LogP contribution in [0.1, 0.15) is 16.7 Å². The van der Waals surface area contributed by atoms with Gasteiger partial charge in [0.25, 0.3) is 0 Å². The number of nitrogens with zero attached hydrogens (tertiary/aromatic N) is 2. The molecule has 0 saturated heterocycles. The van der Waals surface area contributed by atoms with Gasteiger partial charge in [0, 0.05) is 0 Å². The summed E-state index contributed by atoms with van der Waals surface area (Å²) in [7, 11) is 1.77. The van der Waals surface area contributed by atoms with E-state index in [9.17, 15) is 4.79 Å². The zero-order valence-electron chi connectivity index (χ0n) is 15.3. The van der Waals surface area contributed by atoms with Gasteiger partial charge >= 0.3 is 168 Å². The number of rotatable bonds is 3. The van der Waals surface area contributed by atoms with Gasteiger partial charge in [-0.3, -0.25) is 0 Å². The molecule has 1 atom stereocenters. The van der Waals surface area contributed by atoms with Crippen molar-refractivity contribution in [2.45, 2.75) is 12.5 Å². The molecule has 0 spiro atoms. The zero-order chi connectivity index (χ0) is 19.0. The molecule has 132 valence electrons. The summed E-state index contributed by atoms with van der Waals surface area (Å²) in [6, 6.07) is 26.3. The first-order chi connectivity index (χ1) is 13.0. The van der Waals surface area contributed by atoms with Crippen LogP contribution in [0.4, 0.5) is 0 Å². The first kappa shape index (κ1) is 17.8. The molecule has 3 nitrogen and oxygen atoms in total. The minimum atomic E-state index is -1.04. The van der Waals surface area contributed by atoms with Gasteiger partial charge in [0.05, 0.1) is 0 Å². The van der Waals surface area contributed by atoms with E-state index in [0.29, 0.717) is 4.62 Å². The number of amidine groups is 1. The van der Waals surface area contributed by atoms with E-state index in [0.717, 1.165) is 22.3 Å². The fourth-order valence-electron chi connectivity index (χ4n) is 3.64. The van der Waals surface area contributed by atoms with E-state index in [-0.39, 0.29) is 5.91 Å². The van der Waals surface area contributed by atoms with E-state index in [1.165, 1.54) is 5.56 Å². The minimum absolute atomic E-state index is 0.0359. The van der Waals surface area contributed by atoms with E-state index in [2.05, 4.69) is 48.0 Å². The number of benzene rings is 3. The standard InChI is InChI=1S/C23H19AsN2O/c1-16-9-6-7-14-20(16)17-10-8-13-19(15-17)23(18-11-4-3-5-12-18)21(27)26(2)22(24)25-23/h3-15H,1-2H3. The van der Waals surface area contributed by atoms with Crippen LogP contribution in [0, 0.1) is 6.92 Å². The molecular formula is C23H19AsN2O. The predicted octanol–water partition coefficient (Wildman–Crippen LogP) is 3.90. The third kappa shape index (κ3) is 2.83. The van der Waals surface area contributed by atoms with Crippen LogP contribution in [0.15, 0.2) is 83.9 Å². The van der Waals surface area contributed by atoms with Gasteiger partial charge in [-0.05, 0) is 0 Å². The summed E-state index contributed by atoms with van der Waals surface area (Å²) >= 11 is 2.40. The molecule has 4 rings (SSSR count). The fourth-order valence-corrected chi connectivity index (χ4v) is 4.14. The maximum atomic E-state index is 13.4. The molecule has 2 radical (unpaired) electrons. The van der Waals surface area contributed by atoms with Crippen molar-refractivity contribution in [3.8, 4) is 11.1 Å². The van der Waals surface area contributed by atoms with Crippen molar-refractivity contribution in [1.82, 2.24) is 4.90 Å². The molecule has 0 aliphatic carbocycles. The van der Waals surface area contributed by atoms with Crippen molar-refractivity contribution in [3.05, 3.63) is 95.6 Å². The molecule has 0 aromatic heterocycles. The third-order valence-corrected chi connectivity index (χ3v) is 5.95. The molecule has 0 fully saturated rings. The second-order valence-corrected chi connectivity index (χ2v) is 7.59. The Morgan fingerprint density at radius 3 is 2.22 bits per heavy atom. The van der Waals surface area contributed by atoms with Gasteiger partial charge in [-0.25, -0.2) is 0 Å². The SMILES string of the molecule is Cc1ccccc1-c1cccc(C2(c3ccccc3)N=C([As])N(C)C2=O)c1. The molecule has 0 bridgehead atoms. The number of hydrogen-bond donors (Lipinski definition) is 0. The van der Waals surface area contributed by atoms with Gasteiger partial charge in [-0.2, -0.15) is 0 Å². The molecule has 3 aromatic rings. The van der Waals surface area contributed by atoms with Crippen LogP contribution in [-0.2, 0) is 10.3 Å². The molecule has 27 heavy (non-hydrogen) atoms. The number of carbonyl (C=O) groups excluding carboxylic acids is 1. The van der Waals surface area contributed by atoms with Crippen LogP contribution in [0.2, 0.25) is 0 Å². The molecule has 1 unspecified atom stereocenters. The Balaban J connectivity index is 1.95. The van der Waals surface area contributed by atoms with Crippen LogP contribution < -0.4 is 0 Å². The first-order valence-corrected chi connectivity index (χ1v) is 9.77. The molecule has 1 heterocycles. The summed E-state index contributed by atoms with van der Waals surface area (Å²) in [5.74, 6) is -0.0359. The monoisotopic (exact) mass is 414 g/mol. The molecule has 1 aliphatic heterocycles. The van der Waals surface area contributed by atoms with Gasteiger partial charge in [-0.1, -0.05) is 0 Å². The van der Waals surface area contributed by atoms with E-state index >= 15 is 0 Å². The molecule has 1 aliphatic rings. The quantitative estimate of drug-likeness (QED) is 0.599. The molecule has 0 N–H and O–H groups in total. The normalized spacial score (nSPS) is 19.3. The Morgan fingerprint density at radius 1 is 0.889 bits per heavy atom. The molecule has 4 heteroatoms. The summed E-state index contributed by atoms with van der Waals surface area (Å²) in [6.45, 7) is 2.10. The van der Waals surface area contributed by atoms with Crippen LogP contribution in [0.3, 0.4) is 0 Å². The Labute approximate surface area is 168 Å². The number of carbonyl (C=O) groups is 1. The van der Waals surface area contributed by atoms with Crippen molar-refractivity contribution in [2.24, 2.45) is 4.99 Å². The van der Waals surface area contributed by atoms with E-state index in [1.54, 1.807) is 11.9 Å². The summed E-state index contributed by atoms with van der Waals surface area (Å²) in [4.78, 5) is 19.8. The number of aliphatic imine (C=N–C) groups is 1. The van der Waals surface area contributed by atoms with E-state index in [1.807, 2.05) is 54.6 Å². The Kier molecular flexibility index (Phi) is 4.49. The van der Waals surface area contributed by atoms with Crippen LogP contribution in [0.25, 0.3) is 11.1 Å². The Morgan fingerprint density at radius 2 is 1.56 bits per heavy atom. The van der Waals surface area contributed by atoms with Crippen molar-refractivity contribution < 1.29 is 4.79 Å². The molecule has 1 amide bonds. The van der Waals surface area contributed by atoms with Gasteiger partial charge in [0.1, 0.15) is 0 Å². The van der Waals surface area contributed by atoms with E-state index in [4.69, 9.17) is 4.99 Å². The van der Waals surface area contributed by atoms with Gasteiger partial charge < -0.3 is 0 Å². The van der Waals surface area contributed by atoms with E-state index < -0.39 is 5.54 Å². The first-order valence-electron chi connectivity index (χ1n) is 8.83. The van der Waals surface area contributed by atoms with Gasteiger partial charge in [-0.15, -0.1) is 0 Å². The third-order valence-electron chi connectivity index (χ3n) is 5.11. The molecule has 3 aromatic carbocycles. The summed E-state index contributed by atoms with van der Waals surface area (Å²) in [5, 5.41) is 0. The topological polar surface area (TPSA) is 32.7 Å². The molecule has 0 saturated carbocycles. The fraction of sp³-hybridized carbons (Fsp3) is 0.130. The number of hydrogen-bond acceptors (Lipinski definition) is 2. The summed E-state index contributed by atoms with van der Waals surface area (Å²) in [5.41, 5.74) is 4.17. The van der Waals surface area contributed by atoms with Crippen molar-refractivity contribution >= 4 is 27.4 Å². The van der Waals surface area contributed by atoms with Crippen molar-refractivity contribution in [2.75, 3.05) is 7.05 Å². The average molecular weight is 414 g/mol. The van der Waals surface area contributed by atoms with Crippen molar-refractivity contribution in [3.63, 3.8) is 0 Å². The maximum absolute atomic E-state index is 13.4. The van der Waals surface area contributed by atoms with Crippen LogP contribution in [-0.4, -0.2) is 39.3 Å². The number of likely N-dealkylation sites (N-methyl/N-ethyl adjacent to an activating group) is 1. The second kappa shape index (κ2) is 6.83. The number of aryl methyl sites for hydroxylation is 1. The van der Waals surface area contributed by atoms with Crippen LogP contribution >= 0.6 is 0 Å². The summed E-state index contributed by atoms with van der Waals surface area (Å²) < 4.78 is 0.664. The Bertz CT molecular complexity index is 1050. The van der Waals surface area contributed by atoms with Crippen molar-refractivity contribution in [1.29, 1.82) is 0 Å². The summed E-state index contributed by atoms with van der Waals surface area (Å²) in [6.07, 6.45) is 0. The van der Waals surface area contributed by atoms with Gasteiger partial charge in [0.15, 0.2) is 0 Å². The predicted molar refractivity (Wildman–Crippen MR) is 110 cm³/mol. The zero-order valence-corrected chi connectivity index (χ0v) is 17.1.